The summed E-state index contributed by atoms with van der Waals surface area (Å²) in [6.45, 7) is 1.11. The Kier molecular flexibility index (Phi) is 5.29. The van der Waals surface area contributed by atoms with E-state index in [0.717, 1.165) is 0 Å². The van der Waals surface area contributed by atoms with Gasteiger partial charge in [-0.05, 0) is 12.1 Å². The van der Waals surface area contributed by atoms with Crippen LogP contribution in [0.4, 0.5) is 0 Å². The van der Waals surface area contributed by atoms with E-state index in [9.17, 15) is 9.59 Å². The maximum atomic E-state index is 11.7. The Morgan fingerprint density at radius 2 is 2.28 bits per heavy atom. The second kappa shape index (κ2) is 6.99. The number of aromatic nitrogens is 3. The summed E-state index contributed by atoms with van der Waals surface area (Å²) in [6.07, 6.45) is 2.64. The summed E-state index contributed by atoms with van der Waals surface area (Å²) in [5, 5.41) is 15.4. The lowest BCUT2D eigenvalue weighted by molar-refractivity contribution is -0.142. The highest BCUT2D eigenvalue weighted by Crippen LogP contribution is 1.92. The molecule has 0 atom stereocenters. The van der Waals surface area contributed by atoms with Crippen molar-refractivity contribution < 1.29 is 24.3 Å². The summed E-state index contributed by atoms with van der Waals surface area (Å²) >= 11 is 0. The molecule has 0 amide bonds. The van der Waals surface area contributed by atoms with Gasteiger partial charge in [-0.2, -0.15) is 5.10 Å². The molecule has 9 nitrogen and oxygen atoms in total. The fourth-order valence-electron chi connectivity index (χ4n) is 0.970. The van der Waals surface area contributed by atoms with Gasteiger partial charge in [0.15, 0.2) is 0 Å². The van der Waals surface area contributed by atoms with E-state index in [1.807, 2.05) is 0 Å². The minimum Gasteiger partial charge on any atom is -0.479 e. The average Bonchev–Trinajstić information content (AvgIpc) is 2.80. The van der Waals surface area contributed by atoms with E-state index in [2.05, 4.69) is 20.1 Å². The Balaban J connectivity index is 2.59. The van der Waals surface area contributed by atoms with Gasteiger partial charge in [-0.1, -0.05) is 0 Å². The Bertz CT molecular complexity index is 428. The van der Waals surface area contributed by atoms with Crippen LogP contribution in [0.1, 0.15) is 6.92 Å². The molecule has 18 heavy (non-hydrogen) atoms. The van der Waals surface area contributed by atoms with Gasteiger partial charge in [-0.3, -0.25) is 4.79 Å². The first-order valence-corrected chi connectivity index (χ1v) is 5.03. The molecule has 0 saturated heterocycles. The molecule has 98 valence electrons. The number of oxime groups is 1. The molecule has 0 bridgehead atoms. The highest BCUT2D eigenvalue weighted by molar-refractivity contribution is 6.35. The van der Waals surface area contributed by atoms with Gasteiger partial charge in [0.2, 0.25) is 12.4 Å². The van der Waals surface area contributed by atoms with E-state index in [1.165, 1.54) is 17.3 Å². The number of carbonyl (C=O) groups is 2. The highest BCUT2D eigenvalue weighted by Gasteiger charge is 2.15. The third-order valence-electron chi connectivity index (χ3n) is 1.63. The van der Waals surface area contributed by atoms with Gasteiger partial charge in [0.05, 0.1) is 6.61 Å². The largest absolute Gasteiger partial charge is 0.479 e. The number of aliphatic carboxylic acids is 1. The summed E-state index contributed by atoms with van der Waals surface area (Å²) in [5.74, 6) is -1.99. The zero-order valence-corrected chi connectivity index (χ0v) is 9.65. The molecule has 0 fully saturated rings. The van der Waals surface area contributed by atoms with Crippen molar-refractivity contribution in [3.8, 4) is 0 Å². The Morgan fingerprint density at radius 1 is 1.50 bits per heavy atom. The minimum atomic E-state index is -1.20. The second-order valence-corrected chi connectivity index (χ2v) is 3.01. The van der Waals surface area contributed by atoms with Crippen LogP contribution in [0.25, 0.3) is 0 Å². The number of carboxylic acids is 1. The predicted molar refractivity (Wildman–Crippen MR) is 57.7 cm³/mol. The molecule has 0 aromatic carbocycles. The van der Waals surface area contributed by atoms with Crippen molar-refractivity contribution in [3.05, 3.63) is 12.7 Å². The van der Waals surface area contributed by atoms with Crippen molar-refractivity contribution >= 4 is 17.7 Å². The van der Waals surface area contributed by atoms with Crippen LogP contribution in [0.5, 0.6) is 0 Å². The van der Waals surface area contributed by atoms with Crippen LogP contribution in [-0.4, -0.2) is 50.7 Å². The molecule has 1 aromatic heterocycles. The molecular weight excluding hydrogens is 244 g/mol. The van der Waals surface area contributed by atoms with Gasteiger partial charge in [0.1, 0.15) is 19.2 Å². The number of carbonyl (C=O) groups excluding carboxylic acids is 1. The molecule has 0 aliphatic carbocycles. The van der Waals surface area contributed by atoms with Crippen LogP contribution in [0.3, 0.4) is 0 Å². The summed E-state index contributed by atoms with van der Waals surface area (Å²) in [6, 6.07) is 0. The third kappa shape index (κ3) is 4.60. The SMILES string of the molecule is CCO/C(=N\OCC(=O)O)C(=O)Cn1cncn1. The number of nitrogens with zero attached hydrogens (tertiary/aromatic N) is 4. The topological polar surface area (TPSA) is 116 Å². The molecule has 0 spiro atoms. The summed E-state index contributed by atoms with van der Waals surface area (Å²) in [5.41, 5.74) is 0. The molecule has 0 unspecified atom stereocenters. The van der Waals surface area contributed by atoms with Gasteiger partial charge in [-0.15, -0.1) is 0 Å². The van der Waals surface area contributed by atoms with E-state index < -0.39 is 18.4 Å². The normalized spacial score (nSPS) is 11.1. The number of ether oxygens (including phenoxy) is 1. The van der Waals surface area contributed by atoms with E-state index in [1.54, 1.807) is 6.92 Å². The molecule has 1 heterocycles. The quantitative estimate of drug-likeness (QED) is 0.389. The number of ketones is 1. The third-order valence-corrected chi connectivity index (χ3v) is 1.63. The lowest BCUT2D eigenvalue weighted by Crippen LogP contribution is -2.24. The van der Waals surface area contributed by atoms with Crippen LogP contribution in [0.15, 0.2) is 17.8 Å². The van der Waals surface area contributed by atoms with Crippen molar-refractivity contribution in [2.45, 2.75) is 13.5 Å². The molecular formula is C9H12N4O5. The zero-order valence-electron chi connectivity index (χ0n) is 9.65. The predicted octanol–water partition coefficient (Wildman–Crippen LogP) is -0.702. The first-order chi connectivity index (χ1) is 8.63. The maximum Gasteiger partial charge on any atom is 0.344 e. The van der Waals surface area contributed by atoms with E-state index in [0.29, 0.717) is 0 Å². The van der Waals surface area contributed by atoms with Crippen LogP contribution >= 0.6 is 0 Å². The fraction of sp³-hybridized carbons (Fsp3) is 0.444. The number of carboxylic acid groups (broad SMARTS) is 1. The van der Waals surface area contributed by atoms with Crippen LogP contribution in [-0.2, 0) is 25.7 Å². The molecule has 0 radical (unpaired) electrons. The van der Waals surface area contributed by atoms with Gasteiger partial charge in [-0.25, -0.2) is 14.5 Å². The van der Waals surface area contributed by atoms with Crippen molar-refractivity contribution in [3.63, 3.8) is 0 Å². The summed E-state index contributed by atoms with van der Waals surface area (Å²) in [7, 11) is 0. The Hall–Kier alpha value is -2.45. The highest BCUT2D eigenvalue weighted by atomic mass is 16.7. The van der Waals surface area contributed by atoms with Crippen LogP contribution in [0.2, 0.25) is 0 Å². The van der Waals surface area contributed by atoms with E-state index >= 15 is 0 Å². The molecule has 1 rings (SSSR count). The molecule has 0 saturated carbocycles. The number of Topliss-reactive ketones (excluding diaryl/α,β-unsaturated/α-hetero) is 1. The lowest BCUT2D eigenvalue weighted by atomic mass is 10.4. The number of rotatable bonds is 7. The molecule has 0 aliphatic heterocycles. The number of hydrogen-bond acceptors (Lipinski definition) is 7. The smallest absolute Gasteiger partial charge is 0.344 e. The Labute approximate surface area is 102 Å². The Morgan fingerprint density at radius 3 is 2.83 bits per heavy atom. The van der Waals surface area contributed by atoms with Gasteiger partial charge >= 0.3 is 5.97 Å². The molecule has 1 N–H and O–H groups in total. The van der Waals surface area contributed by atoms with Crippen molar-refractivity contribution in [1.29, 1.82) is 0 Å². The van der Waals surface area contributed by atoms with Crippen molar-refractivity contribution in [2.75, 3.05) is 13.2 Å². The standard InChI is InChI=1S/C9H12N4O5/c1-2-17-9(12-18-4-8(15)16)7(14)3-13-6-10-5-11-13/h5-6H,2-4H2,1H3,(H,15,16)/b12-9-. The summed E-state index contributed by atoms with van der Waals surface area (Å²) < 4.78 is 6.24. The monoisotopic (exact) mass is 256 g/mol. The van der Waals surface area contributed by atoms with Gasteiger partial charge in [0.25, 0.3) is 5.90 Å². The van der Waals surface area contributed by atoms with Crippen LogP contribution < -0.4 is 0 Å². The fourth-order valence-corrected chi connectivity index (χ4v) is 0.970. The van der Waals surface area contributed by atoms with E-state index in [4.69, 9.17) is 9.84 Å². The van der Waals surface area contributed by atoms with Gasteiger partial charge < -0.3 is 14.7 Å². The average molecular weight is 256 g/mol. The molecule has 0 aliphatic rings. The van der Waals surface area contributed by atoms with Crippen molar-refractivity contribution in [1.82, 2.24) is 14.8 Å². The molecule has 9 heteroatoms. The maximum absolute atomic E-state index is 11.7. The lowest BCUT2D eigenvalue weighted by Gasteiger charge is -2.05. The molecule has 1 aromatic rings. The first-order valence-electron chi connectivity index (χ1n) is 5.03. The first kappa shape index (κ1) is 13.6. The second-order valence-electron chi connectivity index (χ2n) is 3.01. The minimum absolute atomic E-state index is 0.116. The van der Waals surface area contributed by atoms with Crippen molar-refractivity contribution in [2.24, 2.45) is 5.16 Å². The zero-order chi connectivity index (χ0) is 13.4. The van der Waals surface area contributed by atoms with E-state index in [-0.39, 0.29) is 19.0 Å². The van der Waals surface area contributed by atoms with Gasteiger partial charge in [0, 0.05) is 0 Å². The number of hydrogen-bond donors (Lipinski definition) is 1. The summed E-state index contributed by atoms with van der Waals surface area (Å²) in [4.78, 5) is 30.1. The van der Waals surface area contributed by atoms with Crippen LogP contribution in [0, 0.1) is 0 Å².